The van der Waals surface area contributed by atoms with E-state index in [1.54, 1.807) is 6.07 Å². The summed E-state index contributed by atoms with van der Waals surface area (Å²) in [4.78, 5) is 25.8. The van der Waals surface area contributed by atoms with Gasteiger partial charge in [-0.25, -0.2) is 4.79 Å². The van der Waals surface area contributed by atoms with E-state index in [1.165, 1.54) is 19.9 Å². The van der Waals surface area contributed by atoms with Crippen molar-refractivity contribution in [3.8, 4) is 6.07 Å². The molecule has 0 aliphatic carbocycles. The summed E-state index contributed by atoms with van der Waals surface area (Å²) >= 11 is 6.04. The van der Waals surface area contributed by atoms with Crippen LogP contribution in [0.3, 0.4) is 0 Å². The molecule has 2 atom stereocenters. The van der Waals surface area contributed by atoms with Gasteiger partial charge in [0.25, 0.3) is 5.91 Å². The van der Waals surface area contributed by atoms with Gasteiger partial charge < -0.3 is 14.6 Å². The van der Waals surface area contributed by atoms with Gasteiger partial charge in [0, 0.05) is 29.0 Å². The molecule has 0 fully saturated rings. The van der Waals surface area contributed by atoms with Crippen LogP contribution in [-0.2, 0) is 16.0 Å². The lowest BCUT2D eigenvalue weighted by Crippen LogP contribution is -2.50. The van der Waals surface area contributed by atoms with Crippen molar-refractivity contribution < 1.29 is 18.8 Å². The maximum Gasteiger partial charge on any atom is 0.361 e. The van der Waals surface area contributed by atoms with Crippen LogP contribution in [0.15, 0.2) is 59.1 Å². The Bertz CT molecular complexity index is 1260. The van der Waals surface area contributed by atoms with Crippen LogP contribution < -0.4 is 5.32 Å². The Labute approximate surface area is 216 Å². The number of benzene rings is 2. The highest BCUT2D eigenvalue weighted by molar-refractivity contribution is 6.30. The number of hydrogen-bond acceptors (Lipinski definition) is 6. The molecule has 3 rings (SSSR count). The minimum atomic E-state index is -1.46. The summed E-state index contributed by atoms with van der Waals surface area (Å²) in [6, 6.07) is 18.2. The van der Waals surface area contributed by atoms with E-state index in [-0.39, 0.29) is 23.6 Å². The third-order valence-corrected chi connectivity index (χ3v) is 6.23. The first-order valence-corrected chi connectivity index (χ1v) is 12.1. The minimum absolute atomic E-state index is 0.0153. The monoisotopic (exact) mass is 507 g/mol. The van der Waals surface area contributed by atoms with Gasteiger partial charge in [0.2, 0.25) is 0 Å². The number of rotatable bonds is 9. The second-order valence-corrected chi connectivity index (χ2v) is 10.0. The topological polar surface area (TPSA) is 105 Å². The molecule has 188 valence electrons. The smallest absolute Gasteiger partial charge is 0.361 e. The zero-order chi connectivity index (χ0) is 26.5. The van der Waals surface area contributed by atoms with Crippen LogP contribution in [0.4, 0.5) is 0 Å². The molecule has 1 heterocycles. The van der Waals surface area contributed by atoms with Gasteiger partial charge in [-0.1, -0.05) is 54.9 Å². The number of aromatic nitrogens is 1. The second-order valence-electron chi connectivity index (χ2n) is 9.61. The molecule has 1 N–H and O–H groups in total. The number of carbonyl (C=O) groups is 2. The third kappa shape index (κ3) is 6.73. The number of amides is 1. The van der Waals surface area contributed by atoms with Crippen molar-refractivity contribution in [1.82, 2.24) is 10.5 Å². The summed E-state index contributed by atoms with van der Waals surface area (Å²) in [6.45, 7) is 8.78. The van der Waals surface area contributed by atoms with Crippen LogP contribution in [0.25, 0.3) is 0 Å². The molecular weight excluding hydrogens is 478 g/mol. The Kier molecular flexibility index (Phi) is 8.54. The van der Waals surface area contributed by atoms with Gasteiger partial charge in [-0.2, -0.15) is 5.26 Å². The molecular formula is C28H30ClN3O4. The Morgan fingerprint density at radius 2 is 1.83 bits per heavy atom. The van der Waals surface area contributed by atoms with Gasteiger partial charge in [0.15, 0.2) is 11.3 Å². The van der Waals surface area contributed by atoms with Gasteiger partial charge in [0.1, 0.15) is 5.76 Å². The number of ether oxygens (including phenoxy) is 1. The van der Waals surface area contributed by atoms with E-state index in [0.717, 1.165) is 11.1 Å². The first-order valence-electron chi connectivity index (χ1n) is 11.8. The molecule has 2 aromatic carbocycles. The molecule has 0 saturated carbocycles. The average molecular weight is 508 g/mol. The highest BCUT2D eigenvalue weighted by atomic mass is 35.5. The van der Waals surface area contributed by atoms with Crippen molar-refractivity contribution in [2.75, 3.05) is 0 Å². The summed E-state index contributed by atoms with van der Waals surface area (Å²) in [5.74, 6) is -0.721. The molecule has 0 aliphatic heterocycles. The molecule has 0 radical (unpaired) electrons. The van der Waals surface area contributed by atoms with Crippen LogP contribution in [0.5, 0.6) is 0 Å². The molecule has 1 aromatic heterocycles. The lowest BCUT2D eigenvalue weighted by Gasteiger charge is -2.30. The van der Waals surface area contributed by atoms with Crippen LogP contribution in [0.2, 0.25) is 5.02 Å². The van der Waals surface area contributed by atoms with E-state index in [4.69, 9.17) is 20.9 Å². The largest absolute Gasteiger partial charge is 0.445 e. The van der Waals surface area contributed by atoms with Gasteiger partial charge in [0.05, 0.1) is 11.6 Å². The SMILES string of the molecule is CC(C)c1cc(C(=O)OC(C)(C)C(=O)N[C@@H](C)[C@@H](Cc2ccc(Cl)cc2)c2cccc(C#N)c2)no1. The highest BCUT2D eigenvalue weighted by Crippen LogP contribution is 2.27. The van der Waals surface area contributed by atoms with Crippen molar-refractivity contribution in [1.29, 1.82) is 5.26 Å². The maximum atomic E-state index is 13.2. The van der Waals surface area contributed by atoms with E-state index < -0.39 is 17.5 Å². The Morgan fingerprint density at radius 1 is 1.14 bits per heavy atom. The molecule has 36 heavy (non-hydrogen) atoms. The van der Waals surface area contributed by atoms with E-state index in [2.05, 4.69) is 16.5 Å². The predicted molar refractivity (Wildman–Crippen MR) is 137 cm³/mol. The van der Waals surface area contributed by atoms with E-state index in [0.29, 0.717) is 22.8 Å². The summed E-state index contributed by atoms with van der Waals surface area (Å²) in [5.41, 5.74) is 1.04. The zero-order valence-electron chi connectivity index (χ0n) is 21.0. The summed E-state index contributed by atoms with van der Waals surface area (Å²) in [7, 11) is 0. The summed E-state index contributed by atoms with van der Waals surface area (Å²) in [6.07, 6.45) is 0.602. The van der Waals surface area contributed by atoms with Crippen molar-refractivity contribution in [2.24, 2.45) is 0 Å². The van der Waals surface area contributed by atoms with Gasteiger partial charge in [-0.15, -0.1) is 0 Å². The van der Waals surface area contributed by atoms with Crippen LogP contribution >= 0.6 is 11.6 Å². The average Bonchev–Trinajstić information content (AvgIpc) is 3.34. The highest BCUT2D eigenvalue weighted by Gasteiger charge is 2.35. The number of nitriles is 1. The van der Waals surface area contributed by atoms with Crippen molar-refractivity contribution >= 4 is 23.5 Å². The number of nitrogens with zero attached hydrogens (tertiary/aromatic N) is 2. The number of halogens is 1. The zero-order valence-corrected chi connectivity index (χ0v) is 21.8. The molecule has 0 aliphatic rings. The van der Waals surface area contributed by atoms with Crippen molar-refractivity contribution in [3.05, 3.63) is 87.8 Å². The van der Waals surface area contributed by atoms with E-state index >= 15 is 0 Å². The quantitative estimate of drug-likeness (QED) is 0.367. The Morgan fingerprint density at radius 3 is 2.44 bits per heavy atom. The van der Waals surface area contributed by atoms with Crippen molar-refractivity contribution in [2.45, 2.75) is 64.5 Å². The standard InChI is InChI=1S/C28H30ClN3O4/c1-17(2)25-15-24(32-36-25)26(33)35-28(4,5)27(34)31-18(3)23(14-19-9-11-22(29)12-10-19)21-8-6-7-20(13-21)16-30/h6-13,15,17-18,23H,14H2,1-5H3,(H,31,34)/t18-,23+/m0/s1. The lowest BCUT2D eigenvalue weighted by molar-refractivity contribution is -0.138. The minimum Gasteiger partial charge on any atom is -0.445 e. The molecule has 0 bridgehead atoms. The second kappa shape index (κ2) is 11.4. The van der Waals surface area contributed by atoms with Gasteiger partial charge >= 0.3 is 5.97 Å². The number of carbonyl (C=O) groups excluding carboxylic acids is 2. The molecule has 0 saturated heterocycles. The number of hydrogen-bond donors (Lipinski definition) is 1. The fraction of sp³-hybridized carbons (Fsp3) is 0.357. The number of esters is 1. The predicted octanol–water partition coefficient (Wildman–Crippen LogP) is 5.79. The lowest BCUT2D eigenvalue weighted by atomic mass is 9.85. The van der Waals surface area contributed by atoms with Crippen LogP contribution in [0, 0.1) is 11.3 Å². The molecule has 7 nitrogen and oxygen atoms in total. The van der Waals surface area contributed by atoms with Crippen molar-refractivity contribution in [3.63, 3.8) is 0 Å². The van der Waals surface area contributed by atoms with Crippen LogP contribution in [0.1, 0.15) is 79.4 Å². The first kappa shape index (κ1) is 27.0. The number of nitrogens with one attached hydrogen (secondary N) is 1. The van der Waals surface area contributed by atoms with E-state index in [9.17, 15) is 14.9 Å². The first-order chi connectivity index (χ1) is 17.0. The molecule has 8 heteroatoms. The Balaban J connectivity index is 1.78. The van der Waals surface area contributed by atoms with Crippen LogP contribution in [-0.4, -0.2) is 28.7 Å². The normalized spacial score (nSPS) is 13.1. The molecule has 0 spiro atoms. The third-order valence-electron chi connectivity index (χ3n) is 5.98. The fourth-order valence-corrected chi connectivity index (χ4v) is 3.89. The van der Waals surface area contributed by atoms with E-state index in [1.807, 2.05) is 63.2 Å². The molecule has 0 unspecified atom stereocenters. The molecule has 1 amide bonds. The van der Waals surface area contributed by atoms with Gasteiger partial charge in [-0.3, -0.25) is 4.79 Å². The fourth-order valence-electron chi connectivity index (χ4n) is 3.77. The maximum absolute atomic E-state index is 13.2. The summed E-state index contributed by atoms with van der Waals surface area (Å²) in [5, 5.41) is 16.8. The van der Waals surface area contributed by atoms with Gasteiger partial charge in [-0.05, 0) is 62.6 Å². The Hall–Kier alpha value is -3.63. The molecule has 3 aromatic rings. The summed E-state index contributed by atoms with van der Waals surface area (Å²) < 4.78 is 10.7.